The second-order valence-corrected chi connectivity index (χ2v) is 5.02. The summed E-state index contributed by atoms with van der Waals surface area (Å²) in [7, 11) is 1.94. The summed E-state index contributed by atoms with van der Waals surface area (Å²) in [6.45, 7) is 7.59. The van der Waals surface area contributed by atoms with E-state index in [1.165, 1.54) is 13.0 Å². The van der Waals surface area contributed by atoms with Gasteiger partial charge < -0.3 is 9.73 Å². The molecule has 1 fully saturated rings. The molecule has 2 unspecified atom stereocenters. The number of nitrogens with one attached hydrogen (secondary N) is 1. The summed E-state index contributed by atoms with van der Waals surface area (Å²) < 4.78 is 5.77. The van der Waals surface area contributed by atoms with Gasteiger partial charge in [0.25, 0.3) is 0 Å². The van der Waals surface area contributed by atoms with E-state index in [4.69, 9.17) is 4.42 Å². The predicted octanol–water partition coefficient (Wildman–Crippen LogP) is 2.23. The molecule has 1 aliphatic heterocycles. The molecule has 16 heavy (non-hydrogen) atoms. The molecule has 3 heteroatoms. The predicted molar refractivity (Wildman–Crippen MR) is 65.1 cm³/mol. The Morgan fingerprint density at radius 1 is 1.38 bits per heavy atom. The van der Waals surface area contributed by atoms with E-state index in [1.54, 1.807) is 0 Å². The Hall–Kier alpha value is -0.800. The van der Waals surface area contributed by atoms with Gasteiger partial charge in [0.15, 0.2) is 0 Å². The van der Waals surface area contributed by atoms with Crippen molar-refractivity contribution in [1.82, 2.24) is 10.2 Å². The lowest BCUT2D eigenvalue weighted by Crippen LogP contribution is -2.26. The molecule has 90 valence electrons. The second kappa shape index (κ2) is 5.02. The van der Waals surface area contributed by atoms with Crippen LogP contribution >= 0.6 is 0 Å². The number of furan rings is 1. The number of hydrogen-bond acceptors (Lipinski definition) is 3. The van der Waals surface area contributed by atoms with Crippen molar-refractivity contribution in [2.75, 3.05) is 13.6 Å². The number of hydrogen-bond donors (Lipinski definition) is 1. The standard InChI is InChI=1S/C13H22N2O/c1-10-6-11(2)15(8-10)9-13-5-4-12(16-13)7-14-3/h4-5,10-11,14H,6-9H2,1-3H3. The molecule has 0 amide bonds. The molecule has 3 nitrogen and oxygen atoms in total. The van der Waals surface area contributed by atoms with Gasteiger partial charge in [-0.3, -0.25) is 4.90 Å². The number of likely N-dealkylation sites (tertiary alicyclic amines) is 1. The SMILES string of the molecule is CNCc1ccc(CN2CC(C)CC2C)o1. The minimum absolute atomic E-state index is 0.688. The summed E-state index contributed by atoms with van der Waals surface area (Å²) in [4.78, 5) is 2.51. The van der Waals surface area contributed by atoms with Crippen molar-refractivity contribution in [2.24, 2.45) is 5.92 Å². The average Bonchev–Trinajstić information content (AvgIpc) is 2.76. The molecular formula is C13H22N2O. The van der Waals surface area contributed by atoms with Crippen LogP contribution in [-0.2, 0) is 13.1 Å². The van der Waals surface area contributed by atoms with Crippen molar-refractivity contribution >= 4 is 0 Å². The van der Waals surface area contributed by atoms with Gasteiger partial charge in [-0.25, -0.2) is 0 Å². The van der Waals surface area contributed by atoms with E-state index in [-0.39, 0.29) is 0 Å². The minimum Gasteiger partial charge on any atom is -0.463 e. The topological polar surface area (TPSA) is 28.4 Å². The van der Waals surface area contributed by atoms with Crippen LogP contribution in [0.4, 0.5) is 0 Å². The summed E-state index contributed by atoms with van der Waals surface area (Å²) in [6, 6.07) is 4.85. The molecule has 0 spiro atoms. The van der Waals surface area contributed by atoms with E-state index in [0.29, 0.717) is 6.04 Å². The lowest BCUT2D eigenvalue weighted by Gasteiger charge is -2.19. The maximum Gasteiger partial charge on any atom is 0.118 e. The minimum atomic E-state index is 0.688. The van der Waals surface area contributed by atoms with E-state index in [1.807, 2.05) is 7.05 Å². The molecule has 0 aromatic carbocycles. The summed E-state index contributed by atoms with van der Waals surface area (Å²) in [5.41, 5.74) is 0. The van der Waals surface area contributed by atoms with Gasteiger partial charge in [0, 0.05) is 12.6 Å². The lowest BCUT2D eigenvalue weighted by molar-refractivity contribution is 0.232. The molecule has 2 atom stereocenters. The first-order valence-corrected chi connectivity index (χ1v) is 6.15. The molecule has 2 rings (SSSR count). The Morgan fingerprint density at radius 2 is 2.12 bits per heavy atom. The highest BCUT2D eigenvalue weighted by molar-refractivity contribution is 5.07. The van der Waals surface area contributed by atoms with Gasteiger partial charge >= 0.3 is 0 Å². The van der Waals surface area contributed by atoms with E-state index >= 15 is 0 Å². The Morgan fingerprint density at radius 3 is 2.75 bits per heavy atom. The van der Waals surface area contributed by atoms with Gasteiger partial charge in [-0.15, -0.1) is 0 Å². The van der Waals surface area contributed by atoms with Crippen LogP contribution in [0.3, 0.4) is 0 Å². The molecule has 0 aliphatic carbocycles. The fourth-order valence-electron chi connectivity index (χ4n) is 2.58. The summed E-state index contributed by atoms with van der Waals surface area (Å²) in [5, 5.41) is 3.10. The Balaban J connectivity index is 1.93. The quantitative estimate of drug-likeness (QED) is 0.847. The molecular weight excluding hydrogens is 200 g/mol. The number of rotatable bonds is 4. The van der Waals surface area contributed by atoms with Crippen LogP contribution in [0.15, 0.2) is 16.5 Å². The van der Waals surface area contributed by atoms with Gasteiger partial charge in [-0.1, -0.05) is 6.92 Å². The van der Waals surface area contributed by atoms with E-state index in [2.05, 4.69) is 36.2 Å². The van der Waals surface area contributed by atoms with Gasteiger partial charge in [0.05, 0.1) is 13.1 Å². The van der Waals surface area contributed by atoms with Crippen molar-refractivity contribution in [3.63, 3.8) is 0 Å². The van der Waals surface area contributed by atoms with Crippen molar-refractivity contribution in [1.29, 1.82) is 0 Å². The molecule has 1 aromatic heterocycles. The third kappa shape index (κ3) is 2.66. The maximum atomic E-state index is 5.77. The Labute approximate surface area is 97.8 Å². The molecule has 0 saturated carbocycles. The molecule has 1 N–H and O–H groups in total. The maximum absolute atomic E-state index is 5.77. The summed E-state index contributed by atoms with van der Waals surface area (Å²) >= 11 is 0. The third-order valence-electron chi connectivity index (χ3n) is 3.34. The van der Waals surface area contributed by atoms with Crippen LogP contribution in [0.1, 0.15) is 31.8 Å². The van der Waals surface area contributed by atoms with Gasteiger partial charge in [0.2, 0.25) is 0 Å². The smallest absolute Gasteiger partial charge is 0.118 e. The second-order valence-electron chi connectivity index (χ2n) is 5.02. The van der Waals surface area contributed by atoms with Gasteiger partial charge in [-0.05, 0) is 38.4 Å². The average molecular weight is 222 g/mol. The normalized spacial score (nSPS) is 26.4. The van der Waals surface area contributed by atoms with Crippen molar-refractivity contribution < 1.29 is 4.42 Å². The zero-order valence-corrected chi connectivity index (χ0v) is 10.5. The van der Waals surface area contributed by atoms with Gasteiger partial charge in [0.1, 0.15) is 11.5 Å². The largest absolute Gasteiger partial charge is 0.463 e. The molecule has 1 aliphatic rings. The molecule has 1 saturated heterocycles. The Bertz CT molecular complexity index is 334. The molecule has 0 bridgehead atoms. The summed E-state index contributed by atoms with van der Waals surface area (Å²) in [5.74, 6) is 2.94. The molecule has 0 radical (unpaired) electrons. The highest BCUT2D eigenvalue weighted by Gasteiger charge is 2.26. The van der Waals surface area contributed by atoms with Crippen molar-refractivity contribution in [3.05, 3.63) is 23.7 Å². The zero-order valence-electron chi connectivity index (χ0n) is 10.5. The van der Waals surface area contributed by atoms with Crippen LogP contribution in [0.25, 0.3) is 0 Å². The van der Waals surface area contributed by atoms with Gasteiger partial charge in [-0.2, -0.15) is 0 Å². The molecule has 2 heterocycles. The van der Waals surface area contributed by atoms with E-state index in [9.17, 15) is 0 Å². The van der Waals surface area contributed by atoms with Crippen LogP contribution < -0.4 is 5.32 Å². The van der Waals surface area contributed by atoms with Crippen LogP contribution in [0, 0.1) is 5.92 Å². The number of nitrogens with zero attached hydrogens (tertiary/aromatic N) is 1. The first kappa shape index (κ1) is 11.7. The third-order valence-corrected chi connectivity index (χ3v) is 3.34. The van der Waals surface area contributed by atoms with Crippen molar-refractivity contribution in [3.8, 4) is 0 Å². The first-order chi connectivity index (χ1) is 7.69. The highest BCUT2D eigenvalue weighted by atomic mass is 16.3. The van der Waals surface area contributed by atoms with E-state index in [0.717, 1.165) is 30.5 Å². The fraction of sp³-hybridized carbons (Fsp3) is 0.692. The van der Waals surface area contributed by atoms with Crippen molar-refractivity contribution in [2.45, 2.75) is 39.4 Å². The van der Waals surface area contributed by atoms with Crippen LogP contribution in [0.2, 0.25) is 0 Å². The lowest BCUT2D eigenvalue weighted by atomic mass is 10.1. The summed E-state index contributed by atoms with van der Waals surface area (Å²) in [6.07, 6.45) is 1.31. The Kier molecular flexibility index (Phi) is 3.66. The van der Waals surface area contributed by atoms with E-state index < -0.39 is 0 Å². The van der Waals surface area contributed by atoms with Crippen LogP contribution in [-0.4, -0.2) is 24.5 Å². The van der Waals surface area contributed by atoms with Crippen LogP contribution in [0.5, 0.6) is 0 Å². The highest BCUT2D eigenvalue weighted by Crippen LogP contribution is 2.24. The first-order valence-electron chi connectivity index (χ1n) is 6.15. The fourth-order valence-corrected chi connectivity index (χ4v) is 2.58. The zero-order chi connectivity index (χ0) is 11.5. The molecule has 1 aromatic rings. The monoisotopic (exact) mass is 222 g/mol.